The van der Waals surface area contributed by atoms with Gasteiger partial charge in [-0.3, -0.25) is 4.57 Å². The second-order valence-corrected chi connectivity index (χ2v) is 9.68. The van der Waals surface area contributed by atoms with Crippen molar-refractivity contribution in [3.8, 4) is 6.01 Å². The highest BCUT2D eigenvalue weighted by molar-refractivity contribution is 5.76. The normalized spacial score (nSPS) is 15.2. The zero-order chi connectivity index (χ0) is 22.7. The Bertz CT molecular complexity index is 1060. The fourth-order valence-electron chi connectivity index (χ4n) is 3.99. The first kappa shape index (κ1) is 22.2. The molecule has 2 aromatic carbocycles. The molecule has 1 aliphatic heterocycles. The molecule has 0 radical (unpaired) electrons. The van der Waals surface area contributed by atoms with Gasteiger partial charge in [0.05, 0.1) is 24.2 Å². The minimum Gasteiger partial charge on any atom is -0.464 e. The molecule has 4 rings (SSSR count). The zero-order valence-corrected chi connectivity index (χ0v) is 19.5. The lowest BCUT2D eigenvalue weighted by Crippen LogP contribution is -2.42. The highest BCUT2D eigenvalue weighted by Crippen LogP contribution is 2.25. The standard InChI is InChI=1S/C26H33N3O3/c1-19-9-11-20(12-10-19)17-29-23-8-6-5-7-22(23)27-24(29)31-18-21-13-15-28(16-14-21)25(30)32-26(2,3)4/h5-12,21H,13-18H2,1-4H3. The Morgan fingerprint density at radius 1 is 1.06 bits per heavy atom. The number of imidazole rings is 1. The summed E-state index contributed by atoms with van der Waals surface area (Å²) in [4.78, 5) is 18.8. The number of nitrogens with zero attached hydrogens (tertiary/aromatic N) is 3. The second-order valence-electron chi connectivity index (χ2n) is 9.68. The van der Waals surface area contributed by atoms with Crippen molar-refractivity contribution in [3.05, 3.63) is 59.7 Å². The predicted molar refractivity (Wildman–Crippen MR) is 126 cm³/mol. The molecule has 0 aliphatic carbocycles. The number of carbonyl (C=O) groups is 1. The lowest BCUT2D eigenvalue weighted by molar-refractivity contribution is 0.0162. The van der Waals surface area contributed by atoms with Gasteiger partial charge in [0.1, 0.15) is 5.60 Å². The summed E-state index contributed by atoms with van der Waals surface area (Å²) in [5.74, 6) is 0.390. The molecule has 0 atom stereocenters. The van der Waals surface area contributed by atoms with Crippen LogP contribution in [0.5, 0.6) is 6.01 Å². The highest BCUT2D eigenvalue weighted by Gasteiger charge is 2.27. The summed E-state index contributed by atoms with van der Waals surface area (Å²) in [6, 6.07) is 17.4. The van der Waals surface area contributed by atoms with Crippen LogP contribution in [0.15, 0.2) is 48.5 Å². The molecule has 0 unspecified atom stereocenters. The maximum absolute atomic E-state index is 12.3. The van der Waals surface area contributed by atoms with Gasteiger partial charge in [-0.05, 0) is 64.2 Å². The number of carbonyl (C=O) groups excluding carboxylic acids is 1. The molecule has 6 nitrogen and oxygen atoms in total. The van der Waals surface area contributed by atoms with Crippen molar-refractivity contribution in [1.29, 1.82) is 0 Å². The Kier molecular flexibility index (Phi) is 6.40. The van der Waals surface area contributed by atoms with Crippen molar-refractivity contribution < 1.29 is 14.3 Å². The first-order chi connectivity index (χ1) is 15.3. The number of hydrogen-bond donors (Lipinski definition) is 0. The van der Waals surface area contributed by atoms with Gasteiger partial charge >= 0.3 is 6.09 Å². The minimum absolute atomic E-state index is 0.225. The average molecular weight is 436 g/mol. The molecule has 1 saturated heterocycles. The van der Waals surface area contributed by atoms with Crippen molar-refractivity contribution in [2.24, 2.45) is 5.92 Å². The van der Waals surface area contributed by atoms with E-state index in [9.17, 15) is 4.79 Å². The van der Waals surface area contributed by atoms with Crippen LogP contribution in [0.3, 0.4) is 0 Å². The maximum atomic E-state index is 12.3. The van der Waals surface area contributed by atoms with Crippen LogP contribution in [-0.2, 0) is 11.3 Å². The molecule has 0 N–H and O–H groups in total. The number of amides is 1. The van der Waals surface area contributed by atoms with Crippen molar-refractivity contribution in [1.82, 2.24) is 14.5 Å². The highest BCUT2D eigenvalue weighted by atomic mass is 16.6. The van der Waals surface area contributed by atoms with E-state index >= 15 is 0 Å². The summed E-state index contributed by atoms with van der Waals surface area (Å²) in [5, 5.41) is 0. The zero-order valence-electron chi connectivity index (χ0n) is 19.5. The summed E-state index contributed by atoms with van der Waals surface area (Å²) in [7, 11) is 0. The molecule has 0 saturated carbocycles. The smallest absolute Gasteiger partial charge is 0.410 e. The quantitative estimate of drug-likeness (QED) is 0.537. The lowest BCUT2D eigenvalue weighted by Gasteiger charge is -2.33. The third kappa shape index (κ3) is 5.42. The van der Waals surface area contributed by atoms with Crippen molar-refractivity contribution >= 4 is 17.1 Å². The lowest BCUT2D eigenvalue weighted by atomic mass is 9.98. The van der Waals surface area contributed by atoms with Crippen LogP contribution in [0.25, 0.3) is 11.0 Å². The number of hydrogen-bond acceptors (Lipinski definition) is 4. The van der Waals surface area contributed by atoms with Crippen LogP contribution >= 0.6 is 0 Å². The number of benzene rings is 2. The summed E-state index contributed by atoms with van der Waals surface area (Å²) in [6.07, 6.45) is 1.58. The fraction of sp³-hybridized carbons (Fsp3) is 0.462. The number of para-hydroxylation sites is 2. The first-order valence-electron chi connectivity index (χ1n) is 11.4. The molecule has 1 aliphatic rings. The van der Waals surface area contributed by atoms with Crippen LogP contribution in [0.1, 0.15) is 44.7 Å². The van der Waals surface area contributed by atoms with Crippen molar-refractivity contribution in [2.75, 3.05) is 19.7 Å². The summed E-state index contributed by atoms with van der Waals surface area (Å²) in [5.41, 5.74) is 4.01. The van der Waals surface area contributed by atoms with Gasteiger partial charge in [-0.25, -0.2) is 4.79 Å². The number of aryl methyl sites for hydroxylation is 1. The average Bonchev–Trinajstić information content (AvgIpc) is 3.10. The van der Waals surface area contributed by atoms with Gasteiger partial charge in [-0.1, -0.05) is 42.0 Å². The largest absolute Gasteiger partial charge is 0.464 e. The van der Waals surface area contributed by atoms with E-state index in [1.807, 2.05) is 39.0 Å². The van der Waals surface area contributed by atoms with Crippen molar-refractivity contribution in [3.63, 3.8) is 0 Å². The molecule has 0 bridgehead atoms. The van der Waals surface area contributed by atoms with Crippen LogP contribution in [-0.4, -0.2) is 45.8 Å². The SMILES string of the molecule is Cc1ccc(Cn2c(OCC3CCN(C(=O)OC(C)(C)C)CC3)nc3ccccc32)cc1. The van der Waals surface area contributed by atoms with E-state index in [0.29, 0.717) is 38.2 Å². The van der Waals surface area contributed by atoms with E-state index in [4.69, 9.17) is 14.5 Å². The number of fused-ring (bicyclic) bond motifs is 1. The number of rotatable bonds is 5. The van der Waals surface area contributed by atoms with Gasteiger partial charge in [-0.15, -0.1) is 0 Å². The Morgan fingerprint density at radius 2 is 1.75 bits per heavy atom. The van der Waals surface area contributed by atoms with E-state index in [1.54, 1.807) is 4.90 Å². The number of piperidine rings is 1. The van der Waals surface area contributed by atoms with E-state index in [2.05, 4.69) is 41.8 Å². The van der Waals surface area contributed by atoms with Gasteiger partial charge in [-0.2, -0.15) is 4.98 Å². The Balaban J connectivity index is 1.40. The van der Waals surface area contributed by atoms with E-state index in [-0.39, 0.29) is 6.09 Å². The molecule has 170 valence electrons. The molecule has 1 aromatic heterocycles. The summed E-state index contributed by atoms with van der Waals surface area (Å²) in [6.45, 7) is 10.5. The third-order valence-electron chi connectivity index (χ3n) is 5.80. The fourth-order valence-corrected chi connectivity index (χ4v) is 3.99. The molecule has 6 heteroatoms. The van der Waals surface area contributed by atoms with Gasteiger partial charge in [0.25, 0.3) is 6.01 Å². The summed E-state index contributed by atoms with van der Waals surface area (Å²) < 4.78 is 13.9. The number of ether oxygens (including phenoxy) is 2. The third-order valence-corrected chi connectivity index (χ3v) is 5.80. The molecule has 3 aromatic rings. The maximum Gasteiger partial charge on any atom is 0.410 e. The Labute approximate surface area is 190 Å². The number of aromatic nitrogens is 2. The molecular formula is C26H33N3O3. The number of likely N-dealkylation sites (tertiary alicyclic amines) is 1. The Morgan fingerprint density at radius 3 is 2.44 bits per heavy atom. The molecule has 0 spiro atoms. The van der Waals surface area contributed by atoms with Crippen LogP contribution < -0.4 is 4.74 Å². The molecular weight excluding hydrogens is 402 g/mol. The van der Waals surface area contributed by atoms with Gasteiger partial charge in [0, 0.05) is 13.1 Å². The van der Waals surface area contributed by atoms with Gasteiger partial charge in [0.15, 0.2) is 0 Å². The summed E-state index contributed by atoms with van der Waals surface area (Å²) >= 11 is 0. The Hall–Kier alpha value is -3.02. The molecule has 1 fully saturated rings. The molecule has 32 heavy (non-hydrogen) atoms. The van der Waals surface area contributed by atoms with Gasteiger partial charge < -0.3 is 14.4 Å². The van der Waals surface area contributed by atoms with E-state index in [0.717, 1.165) is 23.9 Å². The van der Waals surface area contributed by atoms with Gasteiger partial charge in [0.2, 0.25) is 0 Å². The second kappa shape index (κ2) is 9.23. The van der Waals surface area contributed by atoms with Crippen LogP contribution in [0.4, 0.5) is 4.79 Å². The van der Waals surface area contributed by atoms with Crippen molar-refractivity contribution in [2.45, 2.75) is 52.7 Å². The van der Waals surface area contributed by atoms with Crippen LogP contribution in [0.2, 0.25) is 0 Å². The van der Waals surface area contributed by atoms with E-state index in [1.165, 1.54) is 11.1 Å². The first-order valence-corrected chi connectivity index (χ1v) is 11.4. The molecule has 2 heterocycles. The van der Waals surface area contributed by atoms with E-state index < -0.39 is 5.60 Å². The predicted octanol–water partition coefficient (Wildman–Crippen LogP) is 5.42. The topological polar surface area (TPSA) is 56.6 Å². The molecule has 1 amide bonds. The monoisotopic (exact) mass is 435 g/mol. The minimum atomic E-state index is -0.465. The van der Waals surface area contributed by atoms with Crippen LogP contribution in [0, 0.1) is 12.8 Å².